The second-order valence-electron chi connectivity index (χ2n) is 4.37. The molecule has 0 saturated carbocycles. The Morgan fingerprint density at radius 2 is 1.86 bits per heavy atom. The minimum Gasteiger partial charge on any atom is -0.385 e. The second-order valence-corrected chi connectivity index (χ2v) is 5.81. The highest BCUT2D eigenvalue weighted by atomic mass is 31.2. The van der Waals surface area contributed by atoms with Crippen LogP contribution in [0.1, 0.15) is 18.4 Å². The molecule has 0 N–H and O–H groups in total. The average molecular weight is 316 g/mol. The van der Waals surface area contributed by atoms with E-state index in [2.05, 4.69) is 9.05 Å². The fourth-order valence-electron chi connectivity index (χ4n) is 1.94. The number of methoxy groups -OCH3 is 2. The summed E-state index contributed by atoms with van der Waals surface area (Å²) in [5.41, 5.74) is 0.838. The summed E-state index contributed by atoms with van der Waals surface area (Å²) in [6, 6.07) is 7.07. The van der Waals surface area contributed by atoms with Gasteiger partial charge in [-0.2, -0.15) is 4.57 Å². The molecule has 1 fully saturated rings. The van der Waals surface area contributed by atoms with E-state index < -0.39 is 14.0 Å². The van der Waals surface area contributed by atoms with E-state index in [-0.39, 0.29) is 6.29 Å². The molecule has 0 atom stereocenters. The van der Waals surface area contributed by atoms with E-state index in [1.807, 2.05) is 12.1 Å². The van der Waals surface area contributed by atoms with E-state index in [9.17, 15) is 9.36 Å². The van der Waals surface area contributed by atoms with Gasteiger partial charge in [0.2, 0.25) is 0 Å². The first-order valence-corrected chi connectivity index (χ1v) is 7.88. The summed E-state index contributed by atoms with van der Waals surface area (Å²) < 4.78 is 35.9. The SMILES string of the molecule is COC(CCCc1ccccc1OP1(=O)OC(=O)O1)OC. The van der Waals surface area contributed by atoms with Crippen molar-refractivity contribution in [2.45, 2.75) is 25.6 Å². The van der Waals surface area contributed by atoms with Crippen molar-refractivity contribution in [1.82, 2.24) is 0 Å². The number of benzene rings is 1. The van der Waals surface area contributed by atoms with Gasteiger partial charge < -0.3 is 23.0 Å². The normalized spacial score (nSPS) is 16.0. The van der Waals surface area contributed by atoms with Gasteiger partial charge in [0.05, 0.1) is 0 Å². The van der Waals surface area contributed by atoms with Crippen LogP contribution in [0, 0.1) is 0 Å². The third-order valence-corrected chi connectivity index (χ3v) is 4.13. The molecule has 0 bridgehead atoms. The van der Waals surface area contributed by atoms with Crippen molar-refractivity contribution in [3.05, 3.63) is 29.8 Å². The average Bonchev–Trinajstić information content (AvgIpc) is 2.44. The molecule has 0 amide bonds. The lowest BCUT2D eigenvalue weighted by atomic mass is 10.1. The summed E-state index contributed by atoms with van der Waals surface area (Å²) in [5, 5.41) is 0. The van der Waals surface area contributed by atoms with Gasteiger partial charge in [0, 0.05) is 14.2 Å². The molecule has 7 nitrogen and oxygen atoms in total. The smallest absolute Gasteiger partial charge is 0.385 e. The fourth-order valence-corrected chi connectivity index (χ4v) is 2.81. The Bertz CT molecular complexity index is 529. The van der Waals surface area contributed by atoms with Crippen LogP contribution in [0.3, 0.4) is 0 Å². The highest BCUT2D eigenvalue weighted by Crippen LogP contribution is 2.57. The Labute approximate surface area is 122 Å². The van der Waals surface area contributed by atoms with Gasteiger partial charge in [-0.15, -0.1) is 0 Å². The van der Waals surface area contributed by atoms with Crippen molar-refractivity contribution in [2.24, 2.45) is 0 Å². The first-order valence-electron chi connectivity index (χ1n) is 6.42. The van der Waals surface area contributed by atoms with E-state index in [0.717, 1.165) is 12.0 Å². The first kappa shape index (κ1) is 15.8. The van der Waals surface area contributed by atoms with Crippen LogP contribution in [-0.2, 0) is 29.5 Å². The molecule has 0 unspecified atom stereocenters. The van der Waals surface area contributed by atoms with Crippen LogP contribution < -0.4 is 4.52 Å². The Hall–Kier alpha value is -1.56. The minimum absolute atomic E-state index is 0.257. The number of hydrogen-bond donors (Lipinski definition) is 0. The van der Waals surface area contributed by atoms with Crippen LogP contribution >= 0.6 is 7.82 Å². The first-order chi connectivity index (χ1) is 10.1. The zero-order valence-corrected chi connectivity index (χ0v) is 12.7. The van der Waals surface area contributed by atoms with E-state index in [1.54, 1.807) is 26.4 Å². The Morgan fingerprint density at radius 3 is 2.48 bits per heavy atom. The number of phosphoric acid groups is 1. The topological polar surface area (TPSA) is 80.3 Å². The standard InChI is InChI=1S/C13H17O7P/c1-16-12(17-2)9-5-7-10-6-3-4-8-11(10)18-21(15)19-13(14)20-21/h3-4,6,8,12H,5,7,9H2,1-2H3. The summed E-state index contributed by atoms with van der Waals surface area (Å²) in [6.07, 6.45) is 0.932. The molecular weight excluding hydrogens is 299 g/mol. The van der Waals surface area contributed by atoms with Crippen molar-refractivity contribution in [3.63, 3.8) is 0 Å². The molecule has 1 saturated heterocycles. The van der Waals surface area contributed by atoms with Gasteiger partial charge in [0.15, 0.2) is 6.29 Å². The molecule has 0 aliphatic carbocycles. The van der Waals surface area contributed by atoms with Crippen LogP contribution in [0.5, 0.6) is 5.75 Å². The number of hydrogen-bond acceptors (Lipinski definition) is 7. The quantitative estimate of drug-likeness (QED) is 0.537. The van der Waals surface area contributed by atoms with Gasteiger partial charge in [-0.3, -0.25) is 0 Å². The van der Waals surface area contributed by atoms with Crippen molar-refractivity contribution < 1.29 is 32.4 Å². The molecule has 1 heterocycles. The monoisotopic (exact) mass is 316 g/mol. The van der Waals surface area contributed by atoms with Crippen molar-refractivity contribution >= 4 is 14.0 Å². The van der Waals surface area contributed by atoms with Gasteiger partial charge in [0.25, 0.3) is 0 Å². The molecule has 0 radical (unpaired) electrons. The second kappa shape index (κ2) is 6.93. The lowest BCUT2D eigenvalue weighted by molar-refractivity contribution is -0.106. The van der Waals surface area contributed by atoms with Crippen LogP contribution in [0.2, 0.25) is 0 Å². The van der Waals surface area contributed by atoms with E-state index >= 15 is 0 Å². The third kappa shape index (κ3) is 4.20. The van der Waals surface area contributed by atoms with Crippen molar-refractivity contribution in [1.29, 1.82) is 0 Å². The van der Waals surface area contributed by atoms with E-state index in [4.69, 9.17) is 14.0 Å². The summed E-state index contributed by atoms with van der Waals surface area (Å²) >= 11 is 0. The van der Waals surface area contributed by atoms with Crippen LogP contribution in [-0.4, -0.2) is 26.7 Å². The highest BCUT2D eigenvalue weighted by Gasteiger charge is 2.49. The molecule has 1 aliphatic rings. The summed E-state index contributed by atoms with van der Waals surface area (Å²) in [7, 11) is -0.594. The largest absolute Gasteiger partial charge is 0.656 e. The van der Waals surface area contributed by atoms with Gasteiger partial charge in [0.1, 0.15) is 5.75 Å². The number of aryl methyl sites for hydroxylation is 1. The number of para-hydroxylation sites is 1. The molecule has 2 rings (SSSR count). The Morgan fingerprint density at radius 1 is 1.19 bits per heavy atom. The number of carbonyl (C=O) groups excluding carboxylic acids is 1. The zero-order valence-electron chi connectivity index (χ0n) is 11.8. The van der Waals surface area contributed by atoms with E-state index in [1.165, 1.54) is 0 Å². The number of phosphoric ester groups is 1. The maximum atomic E-state index is 11.7. The highest BCUT2D eigenvalue weighted by molar-refractivity contribution is 7.52. The lowest BCUT2D eigenvalue weighted by Gasteiger charge is -2.24. The van der Waals surface area contributed by atoms with Crippen LogP contribution in [0.15, 0.2) is 24.3 Å². The molecule has 1 aromatic rings. The summed E-state index contributed by atoms with van der Waals surface area (Å²) in [5.74, 6) is 0.375. The predicted molar refractivity (Wildman–Crippen MR) is 73.0 cm³/mol. The van der Waals surface area contributed by atoms with E-state index in [0.29, 0.717) is 18.6 Å². The summed E-state index contributed by atoms with van der Waals surface area (Å²) in [4.78, 5) is 10.6. The van der Waals surface area contributed by atoms with Gasteiger partial charge in [-0.1, -0.05) is 18.2 Å². The molecule has 0 spiro atoms. The van der Waals surface area contributed by atoms with Crippen LogP contribution in [0.4, 0.5) is 4.79 Å². The molecule has 1 aliphatic heterocycles. The maximum Gasteiger partial charge on any atom is 0.656 e. The Kier molecular flexibility index (Phi) is 5.22. The van der Waals surface area contributed by atoms with Gasteiger partial charge in [-0.05, 0) is 30.9 Å². The zero-order chi connectivity index (χ0) is 15.3. The van der Waals surface area contributed by atoms with Gasteiger partial charge in [-0.25, -0.2) is 4.79 Å². The number of rotatable bonds is 8. The van der Waals surface area contributed by atoms with Crippen molar-refractivity contribution in [2.75, 3.05) is 14.2 Å². The molecule has 1 aromatic carbocycles. The number of ether oxygens (including phenoxy) is 2. The van der Waals surface area contributed by atoms with Crippen LogP contribution in [0.25, 0.3) is 0 Å². The predicted octanol–water partition coefficient (Wildman–Crippen LogP) is 3.28. The third-order valence-electron chi connectivity index (χ3n) is 2.97. The maximum absolute atomic E-state index is 11.7. The van der Waals surface area contributed by atoms with Gasteiger partial charge >= 0.3 is 14.0 Å². The lowest BCUT2D eigenvalue weighted by Crippen LogP contribution is -2.20. The molecule has 0 aromatic heterocycles. The molecule has 8 heteroatoms. The fraction of sp³-hybridized carbons (Fsp3) is 0.462. The minimum atomic E-state index is -3.76. The van der Waals surface area contributed by atoms with Crippen molar-refractivity contribution in [3.8, 4) is 5.75 Å². The molecule has 21 heavy (non-hydrogen) atoms. The Balaban J connectivity index is 1.94. The molecule has 116 valence electrons. The summed E-state index contributed by atoms with van der Waals surface area (Å²) in [6.45, 7) is 0. The number of carbonyl (C=O) groups is 1. The molecular formula is C13H17O7P.